The normalized spacial score (nSPS) is 11.9. The lowest BCUT2D eigenvalue weighted by Crippen LogP contribution is -2.29. The Morgan fingerprint density at radius 1 is 1.44 bits per heavy atom. The lowest BCUT2D eigenvalue weighted by Gasteiger charge is -2.24. The van der Waals surface area contributed by atoms with Crippen molar-refractivity contribution < 1.29 is 4.79 Å². The van der Waals surface area contributed by atoms with Gasteiger partial charge < -0.3 is 9.69 Å². The van der Waals surface area contributed by atoms with E-state index in [4.69, 9.17) is 0 Å². The summed E-state index contributed by atoms with van der Waals surface area (Å²) >= 11 is 0. The molecule has 0 aromatic heterocycles. The summed E-state index contributed by atoms with van der Waals surface area (Å²) in [5, 5.41) is 0. The number of hydrogen-bond acceptors (Lipinski definition) is 2. The van der Waals surface area contributed by atoms with Gasteiger partial charge in [-0.15, -0.1) is 0 Å². The van der Waals surface area contributed by atoms with Gasteiger partial charge in [-0.2, -0.15) is 0 Å². The van der Waals surface area contributed by atoms with Crippen molar-refractivity contribution in [3.8, 4) is 0 Å². The number of likely N-dealkylation sites (N-methyl/N-ethyl adjacent to an activating group) is 1. The van der Waals surface area contributed by atoms with Crippen molar-refractivity contribution in [2.45, 2.75) is 25.8 Å². The van der Waals surface area contributed by atoms with Crippen LogP contribution in [0.1, 0.15) is 18.9 Å². The van der Waals surface area contributed by atoms with E-state index in [0.717, 1.165) is 24.8 Å². The van der Waals surface area contributed by atoms with E-state index >= 15 is 0 Å². The molecule has 1 atom stereocenters. The zero-order valence-corrected chi connectivity index (χ0v) is 10.0. The molecule has 0 N–H and O–H groups in total. The van der Waals surface area contributed by atoms with E-state index in [0.29, 0.717) is 0 Å². The van der Waals surface area contributed by atoms with Gasteiger partial charge in [-0.05, 0) is 25.3 Å². The molecule has 86 valence electrons. The highest BCUT2D eigenvalue weighted by atomic mass is 16.1. The summed E-state index contributed by atoms with van der Waals surface area (Å²) in [5.74, 6) is 0. The van der Waals surface area contributed by atoms with Crippen LogP contribution in [0.15, 0.2) is 42.6 Å². The molecule has 2 nitrogen and oxygen atoms in total. The molecule has 0 saturated heterocycles. The number of hydrogen-bond donors (Lipinski definition) is 0. The van der Waals surface area contributed by atoms with Gasteiger partial charge in [-0.25, -0.2) is 0 Å². The van der Waals surface area contributed by atoms with Crippen molar-refractivity contribution >= 4 is 6.29 Å². The van der Waals surface area contributed by atoms with Crippen LogP contribution < -0.4 is 0 Å². The van der Waals surface area contributed by atoms with Crippen LogP contribution in [0.4, 0.5) is 0 Å². The molecule has 0 radical (unpaired) electrons. The molecule has 0 spiro atoms. The largest absolute Gasteiger partial charge is 0.369 e. The number of carbonyl (C=O) groups excluding carboxylic acids is 1. The van der Waals surface area contributed by atoms with Crippen LogP contribution in [0, 0.1) is 0 Å². The molecule has 1 aromatic carbocycles. The first kappa shape index (κ1) is 12.5. The Hall–Kier alpha value is -1.57. The fourth-order valence-electron chi connectivity index (χ4n) is 1.49. The van der Waals surface area contributed by atoms with E-state index in [1.165, 1.54) is 5.56 Å². The first-order chi connectivity index (χ1) is 7.65. The Balaban J connectivity index is 2.44. The van der Waals surface area contributed by atoms with Crippen LogP contribution in [0.3, 0.4) is 0 Å². The number of aryl methyl sites for hydroxylation is 1. The van der Waals surface area contributed by atoms with Crippen molar-refractivity contribution in [2.24, 2.45) is 0 Å². The minimum atomic E-state index is -0.0942. The fraction of sp³-hybridized carbons (Fsp3) is 0.357. The summed E-state index contributed by atoms with van der Waals surface area (Å²) < 4.78 is 0. The van der Waals surface area contributed by atoms with Gasteiger partial charge >= 0.3 is 0 Å². The lowest BCUT2D eigenvalue weighted by atomic mass is 10.1. The number of nitrogens with zero attached hydrogens (tertiary/aromatic N) is 1. The maximum atomic E-state index is 10.6. The molecule has 2 heteroatoms. The first-order valence-corrected chi connectivity index (χ1v) is 5.55. The van der Waals surface area contributed by atoms with Crippen molar-refractivity contribution in [2.75, 3.05) is 7.05 Å². The van der Waals surface area contributed by atoms with Crippen LogP contribution >= 0.6 is 0 Å². The predicted molar refractivity (Wildman–Crippen MR) is 67.2 cm³/mol. The maximum Gasteiger partial charge on any atom is 0.142 e. The molecule has 0 fully saturated rings. The molecule has 1 unspecified atom stereocenters. The molecule has 0 amide bonds. The second kappa shape index (κ2) is 6.11. The lowest BCUT2D eigenvalue weighted by molar-refractivity contribution is -0.111. The van der Waals surface area contributed by atoms with Crippen LogP contribution in [-0.2, 0) is 11.2 Å². The van der Waals surface area contributed by atoms with Gasteiger partial charge in [0.2, 0.25) is 0 Å². The van der Waals surface area contributed by atoms with Gasteiger partial charge in [-0.3, -0.25) is 0 Å². The minimum Gasteiger partial charge on any atom is -0.369 e. The van der Waals surface area contributed by atoms with Crippen molar-refractivity contribution in [1.29, 1.82) is 0 Å². The van der Waals surface area contributed by atoms with Crippen LogP contribution in [0.5, 0.6) is 0 Å². The van der Waals surface area contributed by atoms with Gasteiger partial charge in [-0.1, -0.05) is 36.9 Å². The molecule has 1 aromatic rings. The zero-order chi connectivity index (χ0) is 12.0. The molecular formula is C14H19NO. The highest BCUT2D eigenvalue weighted by Gasteiger charge is 2.09. The Kier molecular flexibility index (Phi) is 4.77. The summed E-state index contributed by atoms with van der Waals surface area (Å²) in [6, 6.07) is 10.2. The SMILES string of the molecule is C=C(CCc1ccccc1)N(C)C(C)C=O. The number of carbonyl (C=O) groups is 1. The van der Waals surface area contributed by atoms with E-state index in [1.54, 1.807) is 0 Å². The third kappa shape index (κ3) is 3.54. The summed E-state index contributed by atoms with van der Waals surface area (Å²) in [6.07, 6.45) is 2.79. The second-order valence-corrected chi connectivity index (χ2v) is 4.04. The Labute approximate surface area is 97.6 Å². The fourth-order valence-corrected chi connectivity index (χ4v) is 1.49. The second-order valence-electron chi connectivity index (χ2n) is 4.04. The molecule has 0 heterocycles. The van der Waals surface area contributed by atoms with E-state index in [1.807, 2.05) is 37.1 Å². The molecule has 1 rings (SSSR count). The smallest absolute Gasteiger partial charge is 0.142 e. The molecule has 0 aliphatic carbocycles. The van der Waals surface area contributed by atoms with Crippen LogP contribution in [0.2, 0.25) is 0 Å². The third-order valence-corrected chi connectivity index (χ3v) is 2.85. The summed E-state index contributed by atoms with van der Waals surface area (Å²) in [6.45, 7) is 5.88. The third-order valence-electron chi connectivity index (χ3n) is 2.85. The quantitative estimate of drug-likeness (QED) is 0.683. The van der Waals surface area contributed by atoms with Gasteiger partial charge in [0, 0.05) is 12.7 Å². The predicted octanol–water partition coefficient (Wildman–Crippen LogP) is 2.65. The zero-order valence-electron chi connectivity index (χ0n) is 10.0. The molecule has 0 saturated carbocycles. The van der Waals surface area contributed by atoms with Gasteiger partial charge in [0.05, 0.1) is 6.04 Å². The number of rotatable bonds is 6. The molecule has 0 aliphatic rings. The average molecular weight is 217 g/mol. The van der Waals surface area contributed by atoms with Gasteiger partial charge in [0.1, 0.15) is 6.29 Å². The summed E-state index contributed by atoms with van der Waals surface area (Å²) in [4.78, 5) is 12.6. The monoisotopic (exact) mass is 217 g/mol. The highest BCUT2D eigenvalue weighted by molar-refractivity contribution is 5.57. The van der Waals surface area contributed by atoms with Crippen molar-refractivity contribution in [1.82, 2.24) is 4.90 Å². The number of allylic oxidation sites excluding steroid dienone is 1. The Morgan fingerprint density at radius 3 is 2.62 bits per heavy atom. The van der Waals surface area contributed by atoms with E-state index in [-0.39, 0.29) is 6.04 Å². The minimum absolute atomic E-state index is 0.0942. The molecule has 0 bridgehead atoms. The van der Waals surface area contributed by atoms with E-state index in [2.05, 4.69) is 18.7 Å². The van der Waals surface area contributed by atoms with E-state index < -0.39 is 0 Å². The van der Waals surface area contributed by atoms with Crippen LogP contribution in [-0.4, -0.2) is 24.3 Å². The number of benzene rings is 1. The average Bonchev–Trinajstić information content (AvgIpc) is 2.35. The molecular weight excluding hydrogens is 198 g/mol. The van der Waals surface area contributed by atoms with E-state index in [9.17, 15) is 4.79 Å². The maximum absolute atomic E-state index is 10.6. The molecule has 16 heavy (non-hydrogen) atoms. The summed E-state index contributed by atoms with van der Waals surface area (Å²) in [5.41, 5.74) is 2.30. The number of aldehydes is 1. The van der Waals surface area contributed by atoms with Crippen molar-refractivity contribution in [3.63, 3.8) is 0 Å². The topological polar surface area (TPSA) is 20.3 Å². The van der Waals surface area contributed by atoms with Gasteiger partial charge in [0.25, 0.3) is 0 Å². The first-order valence-electron chi connectivity index (χ1n) is 5.55. The van der Waals surface area contributed by atoms with Crippen LogP contribution in [0.25, 0.3) is 0 Å². The Morgan fingerprint density at radius 2 is 2.06 bits per heavy atom. The van der Waals surface area contributed by atoms with Gasteiger partial charge in [0.15, 0.2) is 0 Å². The Bertz CT molecular complexity index is 345. The van der Waals surface area contributed by atoms with Crippen molar-refractivity contribution in [3.05, 3.63) is 48.2 Å². The highest BCUT2D eigenvalue weighted by Crippen LogP contribution is 2.12. The summed E-state index contributed by atoms with van der Waals surface area (Å²) in [7, 11) is 1.91. The standard InChI is InChI=1S/C14H19NO/c1-12(15(3)13(2)11-16)9-10-14-7-5-4-6-8-14/h4-8,11,13H,1,9-10H2,2-3H3. The molecule has 0 aliphatic heterocycles.